The molecule has 1 fully saturated rings. The van der Waals surface area contributed by atoms with Gasteiger partial charge in [0.25, 0.3) is 0 Å². The highest BCUT2D eigenvalue weighted by Crippen LogP contribution is 2.42. The Morgan fingerprint density at radius 3 is 1.29 bits per heavy atom. The molecule has 6 heteroatoms. The fraction of sp³-hybridized carbons (Fsp3) is 0.364. The van der Waals surface area contributed by atoms with Gasteiger partial charge in [-0.15, -0.1) is 0 Å². The van der Waals surface area contributed by atoms with Crippen LogP contribution >= 0.6 is 0 Å². The largest absolute Gasteiger partial charge is 0.497 e. The highest BCUT2D eigenvalue weighted by atomic mass is 16.5. The first-order chi connectivity index (χ1) is 13.5. The summed E-state index contributed by atoms with van der Waals surface area (Å²) < 4.78 is 10.5. The number of benzene rings is 2. The molecule has 1 saturated heterocycles. The van der Waals surface area contributed by atoms with E-state index in [1.165, 1.54) is 0 Å². The molecule has 2 atom stereocenters. The van der Waals surface area contributed by atoms with Gasteiger partial charge >= 0.3 is 0 Å². The van der Waals surface area contributed by atoms with Crippen LogP contribution in [0.3, 0.4) is 0 Å². The van der Waals surface area contributed by atoms with Crippen LogP contribution in [0.2, 0.25) is 0 Å². The molecule has 0 N–H and O–H groups in total. The standard InChI is InChI=1S/C22H26N2O4/c1-15(25)23-13-14-24(16(2)26)22(18-7-11-20(28-4)12-8-18)21(23)17-5-9-19(27-3)10-6-17/h5-12,21-22H,13-14H2,1-4H3/t21-,22+. The van der Waals surface area contributed by atoms with E-state index in [0.717, 1.165) is 22.6 Å². The van der Waals surface area contributed by atoms with Crippen LogP contribution in [-0.2, 0) is 9.59 Å². The van der Waals surface area contributed by atoms with Crippen LogP contribution in [-0.4, -0.2) is 48.9 Å². The van der Waals surface area contributed by atoms with E-state index in [9.17, 15) is 9.59 Å². The van der Waals surface area contributed by atoms with Crippen molar-refractivity contribution in [3.8, 4) is 11.5 Å². The number of nitrogens with zero attached hydrogens (tertiary/aromatic N) is 2. The zero-order valence-corrected chi connectivity index (χ0v) is 16.7. The van der Waals surface area contributed by atoms with Crippen LogP contribution in [0.25, 0.3) is 0 Å². The Hall–Kier alpha value is -3.02. The molecular formula is C22H26N2O4. The topological polar surface area (TPSA) is 59.1 Å². The van der Waals surface area contributed by atoms with Crippen LogP contribution < -0.4 is 9.47 Å². The summed E-state index contributed by atoms with van der Waals surface area (Å²) in [7, 11) is 3.24. The molecular weight excluding hydrogens is 356 g/mol. The van der Waals surface area contributed by atoms with Crippen molar-refractivity contribution in [2.45, 2.75) is 25.9 Å². The van der Waals surface area contributed by atoms with Gasteiger partial charge in [0, 0.05) is 26.9 Å². The number of ether oxygens (including phenoxy) is 2. The molecule has 3 rings (SSSR count). The second-order valence-electron chi connectivity index (χ2n) is 6.86. The van der Waals surface area contributed by atoms with Gasteiger partial charge in [0.1, 0.15) is 11.5 Å². The molecule has 2 aromatic rings. The summed E-state index contributed by atoms with van der Waals surface area (Å²) in [6, 6.07) is 14.8. The van der Waals surface area contributed by atoms with E-state index < -0.39 is 0 Å². The summed E-state index contributed by atoms with van der Waals surface area (Å²) in [4.78, 5) is 28.6. The molecule has 2 aromatic carbocycles. The Bertz CT molecular complexity index is 761. The zero-order chi connectivity index (χ0) is 20.3. The monoisotopic (exact) mass is 382 g/mol. The van der Waals surface area contributed by atoms with E-state index >= 15 is 0 Å². The molecule has 1 aliphatic rings. The molecule has 0 bridgehead atoms. The molecule has 1 aliphatic heterocycles. The van der Waals surface area contributed by atoms with Crippen molar-refractivity contribution in [2.24, 2.45) is 0 Å². The Kier molecular flexibility index (Phi) is 5.87. The average molecular weight is 382 g/mol. The smallest absolute Gasteiger partial charge is 0.220 e. The molecule has 0 saturated carbocycles. The number of carbonyl (C=O) groups excluding carboxylic acids is 2. The Morgan fingerprint density at radius 2 is 1.04 bits per heavy atom. The van der Waals surface area contributed by atoms with E-state index in [-0.39, 0.29) is 23.9 Å². The summed E-state index contributed by atoms with van der Waals surface area (Å²) in [5, 5.41) is 0. The minimum atomic E-state index is -0.283. The minimum Gasteiger partial charge on any atom is -0.497 e. The van der Waals surface area contributed by atoms with Gasteiger partial charge in [0.15, 0.2) is 0 Å². The van der Waals surface area contributed by atoms with E-state index in [1.807, 2.05) is 58.3 Å². The summed E-state index contributed by atoms with van der Waals surface area (Å²) >= 11 is 0. The van der Waals surface area contributed by atoms with Crippen molar-refractivity contribution in [2.75, 3.05) is 27.3 Å². The summed E-state index contributed by atoms with van der Waals surface area (Å²) in [6.45, 7) is 4.15. The lowest BCUT2D eigenvalue weighted by Gasteiger charge is -2.47. The lowest BCUT2D eigenvalue weighted by atomic mass is 9.88. The van der Waals surface area contributed by atoms with Gasteiger partial charge in [-0.05, 0) is 35.4 Å². The van der Waals surface area contributed by atoms with Crippen LogP contribution in [0.15, 0.2) is 48.5 Å². The maximum absolute atomic E-state index is 12.4. The normalized spacial score (nSPS) is 19.3. The first-order valence-electron chi connectivity index (χ1n) is 9.28. The molecule has 0 spiro atoms. The third-order valence-corrected chi connectivity index (χ3v) is 5.28. The molecule has 1 heterocycles. The maximum Gasteiger partial charge on any atom is 0.220 e. The number of carbonyl (C=O) groups is 2. The predicted molar refractivity (Wildman–Crippen MR) is 106 cm³/mol. The van der Waals surface area contributed by atoms with Gasteiger partial charge in [-0.1, -0.05) is 24.3 Å². The van der Waals surface area contributed by atoms with E-state index in [1.54, 1.807) is 28.1 Å². The molecule has 0 aromatic heterocycles. The lowest BCUT2D eigenvalue weighted by Crippen LogP contribution is -2.53. The van der Waals surface area contributed by atoms with Crippen molar-refractivity contribution in [3.05, 3.63) is 59.7 Å². The van der Waals surface area contributed by atoms with Crippen LogP contribution in [0.5, 0.6) is 11.5 Å². The molecule has 148 valence electrons. The number of amides is 2. The van der Waals surface area contributed by atoms with Crippen LogP contribution in [0, 0.1) is 0 Å². The minimum absolute atomic E-state index is 0.0115. The molecule has 0 radical (unpaired) electrons. The predicted octanol–water partition coefficient (Wildman–Crippen LogP) is 3.20. The highest BCUT2D eigenvalue weighted by Gasteiger charge is 2.40. The Morgan fingerprint density at radius 1 is 0.714 bits per heavy atom. The Labute approximate surface area is 165 Å². The summed E-state index contributed by atoms with van der Waals surface area (Å²) in [5.41, 5.74) is 1.92. The third kappa shape index (κ3) is 3.81. The first-order valence-corrected chi connectivity index (χ1v) is 9.28. The number of methoxy groups -OCH3 is 2. The quantitative estimate of drug-likeness (QED) is 0.815. The number of piperazine rings is 1. The SMILES string of the molecule is COc1ccc([C@@H]2[C@H](c3ccc(OC)cc3)N(C(C)=O)CCN2C(C)=O)cc1. The number of rotatable bonds is 4. The van der Waals surface area contributed by atoms with Crippen molar-refractivity contribution >= 4 is 11.8 Å². The van der Waals surface area contributed by atoms with Gasteiger partial charge in [0.2, 0.25) is 11.8 Å². The maximum atomic E-state index is 12.4. The molecule has 0 aliphatic carbocycles. The fourth-order valence-electron chi connectivity index (χ4n) is 3.87. The van der Waals surface area contributed by atoms with Crippen molar-refractivity contribution in [3.63, 3.8) is 0 Å². The van der Waals surface area contributed by atoms with Crippen molar-refractivity contribution in [1.29, 1.82) is 0 Å². The summed E-state index contributed by atoms with van der Waals surface area (Å²) in [5.74, 6) is 1.47. The zero-order valence-electron chi connectivity index (χ0n) is 16.7. The van der Waals surface area contributed by atoms with Gasteiger partial charge in [-0.25, -0.2) is 0 Å². The highest BCUT2D eigenvalue weighted by molar-refractivity contribution is 5.77. The first kappa shape index (κ1) is 19.7. The van der Waals surface area contributed by atoms with E-state index in [4.69, 9.17) is 9.47 Å². The molecule has 28 heavy (non-hydrogen) atoms. The third-order valence-electron chi connectivity index (χ3n) is 5.28. The molecule has 2 amide bonds. The average Bonchev–Trinajstić information content (AvgIpc) is 2.72. The second kappa shape index (κ2) is 8.33. The van der Waals surface area contributed by atoms with Crippen LogP contribution in [0.4, 0.5) is 0 Å². The van der Waals surface area contributed by atoms with E-state index in [2.05, 4.69) is 0 Å². The summed E-state index contributed by atoms with van der Waals surface area (Å²) in [6.07, 6.45) is 0. The number of hydrogen-bond acceptors (Lipinski definition) is 4. The number of hydrogen-bond donors (Lipinski definition) is 0. The Balaban J connectivity index is 2.11. The van der Waals surface area contributed by atoms with Gasteiger partial charge < -0.3 is 19.3 Å². The lowest BCUT2D eigenvalue weighted by molar-refractivity contribution is -0.145. The van der Waals surface area contributed by atoms with Gasteiger partial charge in [-0.3, -0.25) is 9.59 Å². The fourth-order valence-corrected chi connectivity index (χ4v) is 3.87. The van der Waals surface area contributed by atoms with Crippen LogP contribution in [0.1, 0.15) is 37.1 Å². The molecule has 0 unspecified atom stereocenters. The second-order valence-corrected chi connectivity index (χ2v) is 6.86. The van der Waals surface area contributed by atoms with Crippen molar-refractivity contribution in [1.82, 2.24) is 9.80 Å². The van der Waals surface area contributed by atoms with Gasteiger partial charge in [-0.2, -0.15) is 0 Å². The van der Waals surface area contributed by atoms with Gasteiger partial charge in [0.05, 0.1) is 26.3 Å². The van der Waals surface area contributed by atoms with E-state index in [0.29, 0.717) is 13.1 Å². The molecule has 6 nitrogen and oxygen atoms in total. The van der Waals surface area contributed by atoms with Crippen molar-refractivity contribution < 1.29 is 19.1 Å².